The summed E-state index contributed by atoms with van der Waals surface area (Å²) in [6.45, 7) is 3.47. The van der Waals surface area contributed by atoms with Crippen LogP contribution >= 0.6 is 0 Å². The fourth-order valence-corrected chi connectivity index (χ4v) is 2.39. The highest BCUT2D eigenvalue weighted by atomic mass is 16.1. The zero-order valence-electron chi connectivity index (χ0n) is 14.5. The van der Waals surface area contributed by atoms with Crippen molar-refractivity contribution in [2.75, 3.05) is 10.6 Å². The van der Waals surface area contributed by atoms with Gasteiger partial charge in [-0.15, -0.1) is 0 Å². The smallest absolute Gasteiger partial charge is 0.229 e. The lowest BCUT2D eigenvalue weighted by atomic mass is 10.1. The predicted molar refractivity (Wildman–Crippen MR) is 105 cm³/mol. The second-order valence-corrected chi connectivity index (χ2v) is 5.73. The maximum atomic E-state index is 11.4. The van der Waals surface area contributed by atoms with Crippen LogP contribution in [0.25, 0.3) is 0 Å². The Morgan fingerprint density at radius 2 is 1.78 bits per heavy atom. The molecule has 0 bridgehead atoms. The van der Waals surface area contributed by atoms with E-state index in [4.69, 9.17) is 0 Å². The number of aromatic nitrogens is 2. The molecule has 0 aliphatic carbocycles. The quantitative estimate of drug-likeness (QED) is 0.619. The minimum Gasteiger partial charge on any atom is -0.339 e. The number of hydrogen-bond acceptors (Lipinski definition) is 6. The lowest BCUT2D eigenvalue weighted by molar-refractivity contribution is -0.114. The fourth-order valence-electron chi connectivity index (χ4n) is 2.39. The molecule has 2 N–H and O–H groups in total. The summed E-state index contributed by atoms with van der Waals surface area (Å²) in [4.78, 5) is 20.0. The summed E-state index contributed by atoms with van der Waals surface area (Å²) in [7, 11) is 0. The summed E-state index contributed by atoms with van der Waals surface area (Å²) in [6.07, 6.45) is 3.09. The number of carbonyl (C=O) groups is 1. The monoisotopic (exact) mass is 355 g/mol. The summed E-state index contributed by atoms with van der Waals surface area (Å²) < 4.78 is 0. The first-order valence-electron chi connectivity index (χ1n) is 8.28. The Labute approximate surface area is 157 Å². The van der Waals surface area contributed by atoms with E-state index < -0.39 is 0 Å². The van der Waals surface area contributed by atoms with Crippen LogP contribution in [0.2, 0.25) is 0 Å². The molecule has 1 aromatic heterocycles. The Morgan fingerprint density at radius 3 is 2.44 bits per heavy atom. The average Bonchev–Trinajstić information content (AvgIpc) is 2.70. The van der Waals surface area contributed by atoms with Crippen molar-refractivity contribution in [2.45, 2.75) is 6.42 Å². The highest BCUT2D eigenvalue weighted by Gasteiger charge is 2.08. The molecular formula is C21H17N5O. The van der Waals surface area contributed by atoms with Crippen LogP contribution in [0.4, 0.5) is 23.1 Å². The molecule has 0 saturated heterocycles. The van der Waals surface area contributed by atoms with Gasteiger partial charge in [0.15, 0.2) is 11.6 Å². The van der Waals surface area contributed by atoms with Gasteiger partial charge in [0.25, 0.3) is 0 Å². The van der Waals surface area contributed by atoms with E-state index >= 15 is 0 Å². The highest BCUT2D eigenvalue weighted by Crippen LogP contribution is 2.21. The molecule has 0 fully saturated rings. The normalized spacial score (nSPS) is 9.89. The second kappa shape index (κ2) is 8.41. The first-order valence-corrected chi connectivity index (χ1v) is 8.28. The Bertz CT molecular complexity index is 991. The largest absolute Gasteiger partial charge is 0.339 e. The first-order chi connectivity index (χ1) is 13.2. The standard InChI is InChI=1S/C21H17N5O/c1-2-19(27)12-15-8-10-18(11-9-15)24-20-16(13-22)14-23-21(26-20)25-17-6-4-3-5-7-17/h2-11,14H,1,12H2,(H2,23,24,25,26). The summed E-state index contributed by atoms with van der Waals surface area (Å²) in [5.74, 6) is 0.756. The number of benzene rings is 2. The number of hydrogen-bond donors (Lipinski definition) is 2. The molecule has 0 saturated carbocycles. The molecule has 3 rings (SSSR count). The van der Waals surface area contributed by atoms with Gasteiger partial charge in [0.2, 0.25) is 5.95 Å². The second-order valence-electron chi connectivity index (χ2n) is 5.73. The fraction of sp³-hybridized carbons (Fsp3) is 0.0476. The van der Waals surface area contributed by atoms with Gasteiger partial charge < -0.3 is 10.6 Å². The molecule has 6 nitrogen and oxygen atoms in total. The van der Waals surface area contributed by atoms with Gasteiger partial charge in [-0.1, -0.05) is 36.9 Å². The van der Waals surface area contributed by atoms with Crippen molar-refractivity contribution < 1.29 is 4.79 Å². The van der Waals surface area contributed by atoms with Gasteiger partial charge in [-0.05, 0) is 35.9 Å². The molecule has 0 amide bonds. The number of carbonyl (C=O) groups excluding carboxylic acids is 1. The van der Waals surface area contributed by atoms with E-state index in [1.807, 2.05) is 54.6 Å². The number of para-hydroxylation sites is 1. The minimum absolute atomic E-state index is 0.0325. The molecule has 0 radical (unpaired) electrons. The van der Waals surface area contributed by atoms with E-state index in [-0.39, 0.29) is 5.78 Å². The van der Waals surface area contributed by atoms with Crippen molar-refractivity contribution in [2.24, 2.45) is 0 Å². The molecule has 0 atom stereocenters. The maximum Gasteiger partial charge on any atom is 0.229 e. The third-order valence-electron chi connectivity index (χ3n) is 3.76. The number of allylic oxidation sites excluding steroid dienone is 1. The van der Waals surface area contributed by atoms with Crippen molar-refractivity contribution in [1.82, 2.24) is 9.97 Å². The van der Waals surface area contributed by atoms with Crippen LogP contribution in [0.1, 0.15) is 11.1 Å². The van der Waals surface area contributed by atoms with Gasteiger partial charge >= 0.3 is 0 Å². The van der Waals surface area contributed by atoms with Crippen molar-refractivity contribution in [3.63, 3.8) is 0 Å². The number of rotatable bonds is 7. The van der Waals surface area contributed by atoms with Gasteiger partial charge in [0, 0.05) is 17.8 Å². The third-order valence-corrected chi connectivity index (χ3v) is 3.76. The van der Waals surface area contributed by atoms with E-state index in [0.29, 0.717) is 23.8 Å². The lowest BCUT2D eigenvalue weighted by Crippen LogP contribution is -2.03. The van der Waals surface area contributed by atoms with Gasteiger partial charge in [0.1, 0.15) is 11.6 Å². The van der Waals surface area contributed by atoms with Crippen LogP contribution in [0.15, 0.2) is 73.4 Å². The summed E-state index contributed by atoms with van der Waals surface area (Å²) in [5, 5.41) is 15.5. The van der Waals surface area contributed by atoms with E-state index in [9.17, 15) is 10.1 Å². The molecule has 3 aromatic rings. The summed E-state index contributed by atoms with van der Waals surface area (Å²) in [6, 6.07) is 19.0. The molecule has 0 aliphatic rings. The first kappa shape index (κ1) is 17.8. The highest BCUT2D eigenvalue weighted by molar-refractivity contribution is 5.90. The predicted octanol–water partition coefficient (Wildman–Crippen LogP) is 4.13. The van der Waals surface area contributed by atoms with Gasteiger partial charge in [0.05, 0.1) is 6.20 Å². The van der Waals surface area contributed by atoms with Crippen molar-refractivity contribution in [3.05, 3.63) is 84.6 Å². The average molecular weight is 355 g/mol. The minimum atomic E-state index is -0.0325. The summed E-state index contributed by atoms with van der Waals surface area (Å²) >= 11 is 0. The SMILES string of the molecule is C=CC(=O)Cc1ccc(Nc2nc(Nc3ccccc3)ncc2C#N)cc1. The van der Waals surface area contributed by atoms with Gasteiger partial charge in [-0.2, -0.15) is 10.2 Å². The molecule has 0 unspecified atom stereocenters. The van der Waals surface area contributed by atoms with Crippen LogP contribution in [0.5, 0.6) is 0 Å². The van der Waals surface area contributed by atoms with Crippen molar-refractivity contribution in [3.8, 4) is 6.07 Å². The zero-order chi connectivity index (χ0) is 19.1. The van der Waals surface area contributed by atoms with E-state index in [1.165, 1.54) is 12.3 Å². The number of nitriles is 1. The molecular weight excluding hydrogens is 338 g/mol. The van der Waals surface area contributed by atoms with Gasteiger partial charge in [-0.25, -0.2) is 4.98 Å². The molecule has 27 heavy (non-hydrogen) atoms. The molecule has 1 heterocycles. The number of ketones is 1. The topological polar surface area (TPSA) is 90.7 Å². The van der Waals surface area contributed by atoms with Crippen LogP contribution in [0, 0.1) is 11.3 Å². The molecule has 132 valence electrons. The molecule has 0 spiro atoms. The Hall–Kier alpha value is -3.98. The van der Waals surface area contributed by atoms with E-state index in [2.05, 4.69) is 33.2 Å². The molecule has 6 heteroatoms. The van der Waals surface area contributed by atoms with E-state index in [1.54, 1.807) is 0 Å². The number of anilines is 4. The molecule has 2 aromatic carbocycles. The van der Waals surface area contributed by atoms with Crippen molar-refractivity contribution >= 4 is 28.9 Å². The van der Waals surface area contributed by atoms with Crippen LogP contribution in [-0.2, 0) is 11.2 Å². The van der Waals surface area contributed by atoms with Gasteiger partial charge in [-0.3, -0.25) is 4.79 Å². The van der Waals surface area contributed by atoms with Crippen LogP contribution in [-0.4, -0.2) is 15.8 Å². The lowest BCUT2D eigenvalue weighted by Gasteiger charge is -2.10. The Balaban J connectivity index is 1.79. The summed E-state index contributed by atoms with van der Waals surface area (Å²) in [5.41, 5.74) is 2.83. The van der Waals surface area contributed by atoms with Crippen LogP contribution in [0.3, 0.4) is 0 Å². The van der Waals surface area contributed by atoms with Crippen LogP contribution < -0.4 is 10.6 Å². The molecule has 0 aliphatic heterocycles. The van der Waals surface area contributed by atoms with E-state index in [0.717, 1.165) is 16.9 Å². The number of nitrogens with zero attached hydrogens (tertiary/aromatic N) is 3. The zero-order valence-corrected chi connectivity index (χ0v) is 14.5. The maximum absolute atomic E-state index is 11.4. The third kappa shape index (κ3) is 4.77. The van der Waals surface area contributed by atoms with Crippen molar-refractivity contribution in [1.29, 1.82) is 5.26 Å². The Morgan fingerprint density at radius 1 is 1.07 bits per heavy atom. The Kier molecular flexibility index (Phi) is 5.55. The number of nitrogens with one attached hydrogen (secondary N) is 2.